The van der Waals surface area contributed by atoms with Gasteiger partial charge >= 0.3 is 34.7 Å². The summed E-state index contributed by atoms with van der Waals surface area (Å²) in [5.74, 6) is 4.18. The molecule has 12 aromatic heterocycles. The molecule has 5 aliphatic rings. The second kappa shape index (κ2) is 47.1. The lowest BCUT2D eigenvalue weighted by molar-refractivity contribution is 0.171. The van der Waals surface area contributed by atoms with Gasteiger partial charge in [0.2, 0.25) is 23.8 Å². The average Bonchev–Trinajstić information content (AvgIpc) is 1.62. The van der Waals surface area contributed by atoms with Crippen molar-refractivity contribution in [2.75, 3.05) is 115 Å². The molecule has 5 N–H and O–H groups in total. The summed E-state index contributed by atoms with van der Waals surface area (Å²) in [5, 5.41) is 33.8. The molecule has 0 spiro atoms. The second-order valence-electron chi connectivity index (χ2n) is 33.8. The second-order valence-corrected chi connectivity index (χ2v) is 34.2. The van der Waals surface area contributed by atoms with E-state index >= 15 is 0 Å². The van der Waals surface area contributed by atoms with Crippen LogP contribution >= 0.6 is 0 Å². The molecule has 21 rings (SSSR count). The standard InChI is InChI=1S/C25H28F3N7O.C23H25F2N7O.C23H24FN7O.C23H26FN7O.3O2S/c1-16-11-22(33(2)32-16)20-13-30-25(29-12-19-18-5-10-36-23(18)4-3-21(19)28)35-15-17(31-24(20)35)14-34(8-6-26)9-7-27;1-14-9-20(31(2)30-14)18-12-28-23(32-13-15(29-22(18)32)10-26-7-6-24)27-11-17-16-5-8-33-21(16)4-3-19(17)25;1-29-20(5-7-27-29)18-12-26-23(31-14-15(28-22(18)31)13-30-8-2-9-30)25-11-17-16-6-10-32-21(16)4-3-19(17)24;1-14-9-20(30(4)28-14)18-11-26-23(31-13-15(12-29(2)3)27-22(18)31)25-10-17-16-7-8-32-21(16)6-5-19(17)24;3*1-3-2/h3-4,11,13,15H,5-10,12,14H2,1-2H3,(H,29,30);3-4,9,12-13,26H,5-8,10-11H2,1-2H3,(H,27,28);3-5,7,12,14H,2,6,8-11,13H2,1H3,(H,25,26);5-6,9,11,13H,7-8,10,12H2,1-4H3,(H,25,26);;;. The molecule has 1 fully saturated rings. The van der Waals surface area contributed by atoms with E-state index in [1.807, 2.05) is 135 Å². The van der Waals surface area contributed by atoms with Crippen molar-refractivity contribution in [3.05, 3.63) is 236 Å². The molecule has 746 valence electrons. The van der Waals surface area contributed by atoms with E-state index in [9.17, 15) is 30.7 Å². The van der Waals surface area contributed by atoms with Crippen LogP contribution in [-0.2, 0) is 141 Å². The van der Waals surface area contributed by atoms with E-state index in [2.05, 4.69) is 76.7 Å². The van der Waals surface area contributed by atoms with E-state index in [-0.39, 0.29) is 62.5 Å². The van der Waals surface area contributed by atoms with Crippen LogP contribution in [0.2, 0.25) is 0 Å². The third-order valence-electron chi connectivity index (χ3n) is 24.1. The van der Waals surface area contributed by atoms with E-state index in [0.29, 0.717) is 141 Å². The predicted octanol–water partition coefficient (Wildman–Crippen LogP) is 11.2. The van der Waals surface area contributed by atoms with Gasteiger partial charge in [0.05, 0.1) is 111 Å². The van der Waals surface area contributed by atoms with Gasteiger partial charge < -0.3 is 50.4 Å². The molecule has 0 atom stereocenters. The van der Waals surface area contributed by atoms with Crippen molar-refractivity contribution in [1.82, 2.24) is 117 Å². The number of likely N-dealkylation sites (tertiary alicyclic amines) is 1. The number of anilines is 4. The summed E-state index contributed by atoms with van der Waals surface area (Å²) in [6.45, 7) is 12.5. The fraction of sp³-hybridized carbons (Fsp3) is 0.362. The Morgan fingerprint density at radius 1 is 0.401 bits per heavy atom. The third-order valence-corrected chi connectivity index (χ3v) is 24.1. The molecule has 0 unspecified atom stereocenters. The van der Waals surface area contributed by atoms with Crippen LogP contribution in [0.15, 0.2) is 129 Å². The monoisotopic (exact) mass is 2010 g/mol. The lowest BCUT2D eigenvalue weighted by atomic mass is 10.0. The maximum Gasteiger partial charge on any atom is 0.335 e. The van der Waals surface area contributed by atoms with Crippen molar-refractivity contribution in [3.8, 4) is 68.0 Å². The number of alkyl halides is 3. The number of nitrogens with one attached hydrogen (secondary N) is 5. The molecule has 0 aliphatic carbocycles. The maximum atomic E-state index is 14.7. The summed E-state index contributed by atoms with van der Waals surface area (Å²) in [4.78, 5) is 44.1. The number of imidazole rings is 4. The van der Waals surface area contributed by atoms with Crippen LogP contribution in [0.5, 0.6) is 23.0 Å². The Morgan fingerprint density at radius 2 is 0.725 bits per heavy atom. The van der Waals surface area contributed by atoms with Crippen molar-refractivity contribution in [2.45, 2.75) is 105 Å². The van der Waals surface area contributed by atoms with Gasteiger partial charge in [0.15, 0.2) is 22.6 Å². The van der Waals surface area contributed by atoms with Crippen LogP contribution in [0.3, 0.4) is 0 Å². The van der Waals surface area contributed by atoms with Crippen molar-refractivity contribution in [3.63, 3.8) is 0 Å². The maximum absolute atomic E-state index is 14.7. The minimum Gasteiger partial charge on any atom is -0.493 e. The highest BCUT2D eigenvalue weighted by atomic mass is 32.1. The normalized spacial score (nSPS) is 13.0. The highest BCUT2D eigenvalue weighted by Crippen LogP contribution is 2.39. The Balaban J connectivity index is 0.000000139. The van der Waals surface area contributed by atoms with Gasteiger partial charge in [-0.2, -0.15) is 45.6 Å². The van der Waals surface area contributed by atoms with E-state index in [1.165, 1.54) is 30.7 Å². The van der Waals surface area contributed by atoms with E-state index in [1.54, 1.807) is 73.9 Å². The number of benzene rings is 4. The first-order valence-corrected chi connectivity index (χ1v) is 47.3. The van der Waals surface area contributed by atoms with Gasteiger partial charge in [-0.05, 0) is 127 Å². The minimum absolute atomic E-state index is 0.120. The van der Waals surface area contributed by atoms with Crippen molar-refractivity contribution >= 4 is 81.1 Å². The lowest BCUT2D eigenvalue weighted by Gasteiger charge is -2.29. The summed E-state index contributed by atoms with van der Waals surface area (Å²) in [5.41, 5.74) is 21.9. The minimum atomic E-state index is -0.750. The summed E-state index contributed by atoms with van der Waals surface area (Å²) in [7, 11) is 11.6. The summed E-state index contributed by atoms with van der Waals surface area (Å²) >= 11 is -2.25. The van der Waals surface area contributed by atoms with Crippen molar-refractivity contribution < 1.29 is 74.9 Å². The van der Waals surface area contributed by atoms with Crippen LogP contribution in [0.4, 0.5) is 54.5 Å². The van der Waals surface area contributed by atoms with Crippen LogP contribution in [-0.4, -0.2) is 230 Å². The molecule has 0 radical (unpaired) electrons. The zero-order valence-corrected chi connectivity index (χ0v) is 81.5. The number of hydrogen-bond donors (Lipinski definition) is 5. The summed E-state index contributed by atoms with van der Waals surface area (Å²) < 4.78 is 184. The molecule has 17 heterocycles. The fourth-order valence-electron chi connectivity index (χ4n) is 17.7. The molecule has 0 bridgehead atoms. The van der Waals surface area contributed by atoms with E-state index in [0.717, 1.165) is 156 Å². The number of hydrogen-bond acceptors (Lipinski definition) is 30. The number of aromatic nitrogens is 20. The number of halogens is 7. The van der Waals surface area contributed by atoms with Crippen molar-refractivity contribution in [2.24, 2.45) is 28.2 Å². The quantitative estimate of drug-likeness (QED) is 0.0206. The first-order chi connectivity index (χ1) is 68.8. The van der Waals surface area contributed by atoms with Gasteiger partial charge in [0.1, 0.15) is 66.3 Å². The first-order valence-electron chi connectivity index (χ1n) is 45.3. The predicted molar refractivity (Wildman–Crippen MR) is 516 cm³/mol. The third kappa shape index (κ3) is 23.3. The highest BCUT2D eigenvalue weighted by molar-refractivity contribution is 7.52. The van der Waals surface area contributed by atoms with Gasteiger partial charge in [0.25, 0.3) is 0 Å². The molecular weight excluding hydrogens is 1910 g/mol. The zero-order valence-electron chi connectivity index (χ0n) is 79.0. The van der Waals surface area contributed by atoms with Gasteiger partial charge in [-0.1, -0.05) is 0 Å². The van der Waals surface area contributed by atoms with Gasteiger partial charge in [-0.15, -0.1) is 0 Å². The molecule has 4 aromatic carbocycles. The van der Waals surface area contributed by atoms with Crippen LogP contribution in [0.25, 0.3) is 67.6 Å². The number of fused-ring (bicyclic) bond motifs is 8. The molecule has 0 amide bonds. The van der Waals surface area contributed by atoms with Gasteiger partial charge in [-0.25, -0.2) is 70.6 Å². The number of ether oxygens (including phenoxy) is 4. The summed E-state index contributed by atoms with van der Waals surface area (Å²) in [6.07, 6.45) is 20.5. The highest BCUT2D eigenvalue weighted by Gasteiger charge is 2.29. The average molecular weight is 2010 g/mol. The Labute approximate surface area is 820 Å². The Hall–Kier alpha value is -14.6. The van der Waals surface area contributed by atoms with Gasteiger partial charge in [0, 0.05) is 226 Å². The number of nitrogens with zero attached hydrogens (tertiary/aromatic N) is 23. The molecule has 38 nitrogen and oxygen atoms in total. The molecule has 5 aliphatic heterocycles. The lowest BCUT2D eigenvalue weighted by Crippen LogP contribution is -2.36. The molecule has 16 aromatic rings. The summed E-state index contributed by atoms with van der Waals surface area (Å²) in [6, 6.07) is 20.4. The molecular formula is C94H103F7N28O10S3. The smallest absolute Gasteiger partial charge is 0.335 e. The van der Waals surface area contributed by atoms with Crippen molar-refractivity contribution in [1.29, 1.82) is 0 Å². The number of aryl methyl sites for hydroxylation is 7. The first kappa shape index (κ1) is 102. The largest absolute Gasteiger partial charge is 0.493 e. The topological polar surface area (TPSA) is 401 Å². The van der Waals surface area contributed by atoms with Gasteiger partial charge in [-0.3, -0.25) is 46.1 Å². The fourth-order valence-corrected chi connectivity index (χ4v) is 17.7. The molecule has 1 saturated heterocycles. The Morgan fingerprint density at radius 3 is 1.03 bits per heavy atom. The van der Waals surface area contributed by atoms with Crippen LogP contribution in [0.1, 0.15) is 90.8 Å². The van der Waals surface area contributed by atoms with Crippen LogP contribution < -0.4 is 45.5 Å². The number of rotatable bonds is 30. The zero-order chi connectivity index (χ0) is 100. The van der Waals surface area contributed by atoms with E-state index in [4.69, 9.17) is 64.1 Å². The Bertz CT molecular complexity index is 7290. The van der Waals surface area contributed by atoms with Crippen LogP contribution in [0, 0.1) is 44.0 Å². The molecule has 142 heavy (non-hydrogen) atoms. The van der Waals surface area contributed by atoms with E-state index < -0.39 is 54.7 Å². The Kier molecular flexibility index (Phi) is 33.8. The molecule has 0 saturated carbocycles. The SMILES string of the molecule is Cc1cc(-c2cnc(NCc3c(F)ccc4c3CCO4)n3cc(CN(C)C)nc23)n(C)n1.Cc1cc(-c2cnc(NCc3c(F)ccc4c3CCO4)n3cc(CN(CCF)CCF)nc23)n(C)n1.Cc1cc(-c2cnc(NCc3c(F)ccc4c3CCO4)n3cc(CNCCF)nc23)n(C)n1.Cn1nccc1-c1cnc(NCc2c(F)ccc3c2CCO3)n2cc(CN3CCC3)nc12.O=S=O.O=S=O.O=S=O. The molecule has 48 heteroatoms.